The normalized spacial score (nSPS) is 14.7. The molecule has 0 fully saturated rings. The van der Waals surface area contributed by atoms with Crippen LogP contribution in [-0.4, -0.2) is 16.7 Å². The van der Waals surface area contributed by atoms with E-state index in [0.717, 1.165) is 6.42 Å². The first-order valence-electron chi connectivity index (χ1n) is 5.26. The SMILES string of the molecule is CCCC1=CC(=O)c2c(O)cccc2C1=O. The third kappa shape index (κ3) is 1.54. The summed E-state index contributed by atoms with van der Waals surface area (Å²) in [5.74, 6) is -0.550. The molecule has 0 saturated heterocycles. The van der Waals surface area contributed by atoms with Crippen molar-refractivity contribution in [3.8, 4) is 5.75 Å². The van der Waals surface area contributed by atoms with Gasteiger partial charge in [-0.3, -0.25) is 9.59 Å². The van der Waals surface area contributed by atoms with Crippen LogP contribution in [0.5, 0.6) is 5.75 Å². The summed E-state index contributed by atoms with van der Waals surface area (Å²) < 4.78 is 0. The van der Waals surface area contributed by atoms with E-state index in [0.29, 0.717) is 17.6 Å². The van der Waals surface area contributed by atoms with Crippen molar-refractivity contribution in [1.29, 1.82) is 0 Å². The number of fused-ring (bicyclic) bond motifs is 1. The monoisotopic (exact) mass is 216 g/mol. The predicted molar refractivity (Wildman–Crippen MR) is 59.8 cm³/mol. The zero-order chi connectivity index (χ0) is 11.7. The molecule has 1 N–H and O–H groups in total. The van der Waals surface area contributed by atoms with Crippen LogP contribution in [0.2, 0.25) is 0 Å². The van der Waals surface area contributed by atoms with Gasteiger partial charge < -0.3 is 5.11 Å². The molecule has 3 nitrogen and oxygen atoms in total. The molecule has 0 spiro atoms. The standard InChI is InChI=1S/C13H12O3/c1-2-4-8-7-11(15)12-9(13(8)16)5-3-6-10(12)14/h3,5-7,14H,2,4H2,1H3. The zero-order valence-corrected chi connectivity index (χ0v) is 8.99. The summed E-state index contributed by atoms with van der Waals surface area (Å²) in [6.07, 6.45) is 2.76. The number of benzene rings is 1. The van der Waals surface area contributed by atoms with E-state index in [-0.39, 0.29) is 22.9 Å². The van der Waals surface area contributed by atoms with Crippen LogP contribution < -0.4 is 0 Å². The Balaban J connectivity index is 2.55. The number of rotatable bonds is 2. The quantitative estimate of drug-likeness (QED) is 0.826. The van der Waals surface area contributed by atoms with Gasteiger partial charge in [-0.15, -0.1) is 0 Å². The first kappa shape index (κ1) is 10.6. The van der Waals surface area contributed by atoms with E-state index in [9.17, 15) is 14.7 Å². The van der Waals surface area contributed by atoms with E-state index in [1.54, 1.807) is 12.1 Å². The molecule has 1 aromatic carbocycles. The number of phenolic OH excluding ortho intramolecular Hbond substituents is 1. The first-order chi connectivity index (χ1) is 7.65. The van der Waals surface area contributed by atoms with Crippen molar-refractivity contribution in [3.05, 3.63) is 41.0 Å². The van der Waals surface area contributed by atoms with Crippen LogP contribution in [0, 0.1) is 0 Å². The fourth-order valence-corrected chi connectivity index (χ4v) is 1.91. The summed E-state index contributed by atoms with van der Waals surface area (Å²) in [5, 5.41) is 9.56. The van der Waals surface area contributed by atoms with Gasteiger partial charge in [-0.2, -0.15) is 0 Å². The van der Waals surface area contributed by atoms with Gasteiger partial charge in [0.2, 0.25) is 0 Å². The Morgan fingerprint density at radius 1 is 1.25 bits per heavy atom. The fourth-order valence-electron chi connectivity index (χ4n) is 1.91. The Hall–Kier alpha value is -1.90. The average molecular weight is 216 g/mol. The van der Waals surface area contributed by atoms with Gasteiger partial charge in [0, 0.05) is 11.1 Å². The summed E-state index contributed by atoms with van der Waals surface area (Å²) in [6.45, 7) is 1.95. The lowest BCUT2D eigenvalue weighted by molar-refractivity contribution is 0.0979. The number of phenols is 1. The molecule has 3 heteroatoms. The second kappa shape index (κ2) is 3.93. The Kier molecular flexibility index (Phi) is 2.60. The van der Waals surface area contributed by atoms with Crippen molar-refractivity contribution in [2.45, 2.75) is 19.8 Å². The Morgan fingerprint density at radius 3 is 2.69 bits per heavy atom. The van der Waals surface area contributed by atoms with Crippen molar-refractivity contribution in [2.75, 3.05) is 0 Å². The van der Waals surface area contributed by atoms with Gasteiger partial charge in [0.1, 0.15) is 5.75 Å². The van der Waals surface area contributed by atoms with Gasteiger partial charge in [-0.05, 0) is 18.6 Å². The van der Waals surface area contributed by atoms with Gasteiger partial charge >= 0.3 is 0 Å². The molecule has 0 heterocycles. The van der Waals surface area contributed by atoms with Gasteiger partial charge in [0.15, 0.2) is 11.6 Å². The molecule has 16 heavy (non-hydrogen) atoms. The lowest BCUT2D eigenvalue weighted by atomic mass is 9.87. The Bertz CT molecular complexity index is 498. The summed E-state index contributed by atoms with van der Waals surface area (Å²) in [4.78, 5) is 23.7. The zero-order valence-electron chi connectivity index (χ0n) is 8.99. The average Bonchev–Trinajstić information content (AvgIpc) is 2.25. The molecule has 1 aliphatic carbocycles. The highest BCUT2D eigenvalue weighted by Gasteiger charge is 2.26. The van der Waals surface area contributed by atoms with Crippen LogP contribution in [-0.2, 0) is 0 Å². The molecule has 0 saturated carbocycles. The maximum Gasteiger partial charge on any atom is 0.190 e. The van der Waals surface area contributed by atoms with Gasteiger partial charge in [-0.25, -0.2) is 0 Å². The molecular weight excluding hydrogens is 204 g/mol. The van der Waals surface area contributed by atoms with Crippen LogP contribution in [0.3, 0.4) is 0 Å². The molecular formula is C13H12O3. The number of ketones is 2. The fraction of sp³-hybridized carbons (Fsp3) is 0.231. The summed E-state index contributed by atoms with van der Waals surface area (Å²) in [5.41, 5.74) is 0.980. The minimum Gasteiger partial charge on any atom is -0.507 e. The van der Waals surface area contributed by atoms with Gasteiger partial charge in [-0.1, -0.05) is 25.5 Å². The van der Waals surface area contributed by atoms with E-state index >= 15 is 0 Å². The van der Waals surface area contributed by atoms with Crippen LogP contribution in [0.1, 0.15) is 40.5 Å². The van der Waals surface area contributed by atoms with Crippen molar-refractivity contribution in [1.82, 2.24) is 0 Å². The summed E-state index contributed by atoms with van der Waals surface area (Å²) >= 11 is 0. The lowest BCUT2D eigenvalue weighted by Gasteiger charge is -2.15. The van der Waals surface area contributed by atoms with Crippen LogP contribution >= 0.6 is 0 Å². The molecule has 82 valence electrons. The number of carbonyl (C=O) groups is 2. The van der Waals surface area contributed by atoms with Crippen LogP contribution in [0.15, 0.2) is 29.8 Å². The van der Waals surface area contributed by atoms with Crippen molar-refractivity contribution >= 4 is 11.6 Å². The number of carbonyl (C=O) groups excluding carboxylic acids is 2. The Morgan fingerprint density at radius 2 is 2.00 bits per heavy atom. The van der Waals surface area contributed by atoms with Crippen LogP contribution in [0.25, 0.3) is 0 Å². The molecule has 0 amide bonds. The van der Waals surface area contributed by atoms with Crippen LogP contribution in [0.4, 0.5) is 0 Å². The number of allylic oxidation sites excluding steroid dienone is 2. The molecule has 1 aromatic rings. The molecule has 0 unspecified atom stereocenters. The third-order valence-corrected chi connectivity index (χ3v) is 2.65. The second-order valence-corrected chi connectivity index (χ2v) is 3.81. The second-order valence-electron chi connectivity index (χ2n) is 3.81. The van der Waals surface area contributed by atoms with Gasteiger partial charge in [0.05, 0.1) is 5.56 Å². The molecule has 0 aromatic heterocycles. The lowest BCUT2D eigenvalue weighted by Crippen LogP contribution is -2.16. The van der Waals surface area contributed by atoms with E-state index < -0.39 is 0 Å². The first-order valence-corrected chi connectivity index (χ1v) is 5.26. The topological polar surface area (TPSA) is 54.4 Å². The van der Waals surface area contributed by atoms with Crippen molar-refractivity contribution in [3.63, 3.8) is 0 Å². The Labute approximate surface area is 93.4 Å². The van der Waals surface area contributed by atoms with E-state index in [1.165, 1.54) is 12.1 Å². The largest absolute Gasteiger partial charge is 0.507 e. The molecule has 0 bridgehead atoms. The number of hydrogen-bond acceptors (Lipinski definition) is 3. The van der Waals surface area contributed by atoms with E-state index in [1.807, 2.05) is 6.92 Å². The minimum atomic E-state index is -0.281. The molecule has 1 aliphatic rings. The predicted octanol–water partition coefficient (Wildman–Crippen LogP) is 2.50. The maximum absolute atomic E-state index is 12.0. The smallest absolute Gasteiger partial charge is 0.190 e. The highest BCUT2D eigenvalue weighted by molar-refractivity contribution is 6.25. The summed E-state index contributed by atoms with van der Waals surface area (Å²) in [6, 6.07) is 4.58. The third-order valence-electron chi connectivity index (χ3n) is 2.65. The van der Waals surface area contributed by atoms with Crippen molar-refractivity contribution < 1.29 is 14.7 Å². The summed E-state index contributed by atoms with van der Waals surface area (Å²) in [7, 11) is 0. The molecule has 0 aliphatic heterocycles. The van der Waals surface area contributed by atoms with Crippen molar-refractivity contribution in [2.24, 2.45) is 0 Å². The molecule has 2 rings (SSSR count). The number of aromatic hydroxyl groups is 1. The highest BCUT2D eigenvalue weighted by atomic mass is 16.3. The highest BCUT2D eigenvalue weighted by Crippen LogP contribution is 2.29. The number of Topliss-reactive ketones (excluding diaryl/α,β-unsaturated/α-hetero) is 1. The van der Waals surface area contributed by atoms with E-state index in [4.69, 9.17) is 0 Å². The number of hydrogen-bond donors (Lipinski definition) is 1. The molecule has 0 atom stereocenters. The maximum atomic E-state index is 12.0. The van der Waals surface area contributed by atoms with Gasteiger partial charge in [0.25, 0.3) is 0 Å². The molecule has 0 radical (unpaired) electrons. The minimum absolute atomic E-state index is 0.123. The van der Waals surface area contributed by atoms with E-state index in [2.05, 4.69) is 0 Å².